The summed E-state index contributed by atoms with van der Waals surface area (Å²) in [5, 5.41) is 148. The number of amides is 2. The van der Waals surface area contributed by atoms with E-state index < -0.39 is 174 Å². The van der Waals surface area contributed by atoms with Crippen molar-refractivity contribution in [1.82, 2.24) is 10.6 Å². The van der Waals surface area contributed by atoms with E-state index in [9.17, 15) is 76.0 Å². The number of ether oxygens (including phenoxy) is 8. The van der Waals surface area contributed by atoms with Crippen molar-refractivity contribution in [2.75, 3.05) is 33.0 Å². The normalized spacial score (nSPS) is 32.0. The zero-order chi connectivity index (χ0) is 69.3. The number of unbranched alkanes of at least 4 members (excludes halogenated alkanes) is 33. The number of allylic oxidation sites excluding steroid dienone is 1. The summed E-state index contributed by atoms with van der Waals surface area (Å²) in [6, 6.07) is -2.55. The van der Waals surface area contributed by atoms with Gasteiger partial charge in [-0.25, -0.2) is 0 Å². The summed E-state index contributed by atoms with van der Waals surface area (Å²) in [6.45, 7) is 1.61. The first kappa shape index (κ1) is 85.3. The Balaban J connectivity index is 1.30. The molecular formula is C70H130N2O23. The smallest absolute Gasteiger partial charge is 0.220 e. The summed E-state index contributed by atoms with van der Waals surface area (Å²) in [7, 11) is 0. The molecule has 0 saturated carbocycles. The second-order valence-corrected chi connectivity index (χ2v) is 27.1. The van der Waals surface area contributed by atoms with Crippen LogP contribution in [0.4, 0.5) is 0 Å². The Morgan fingerprint density at radius 1 is 0.411 bits per heavy atom. The van der Waals surface area contributed by atoms with Crippen molar-refractivity contribution in [3.63, 3.8) is 0 Å². The predicted molar refractivity (Wildman–Crippen MR) is 354 cm³/mol. The lowest BCUT2D eigenvalue weighted by molar-refractivity contribution is -0.387. The maximum Gasteiger partial charge on any atom is 0.220 e. The van der Waals surface area contributed by atoms with E-state index in [4.69, 9.17) is 37.9 Å². The molecule has 0 bridgehead atoms. The molecule has 8 unspecified atom stereocenters. The highest BCUT2D eigenvalue weighted by Gasteiger charge is 2.56. The fourth-order valence-corrected chi connectivity index (χ4v) is 13.1. The topological polar surface area (TPSA) is 395 Å². The first-order chi connectivity index (χ1) is 46.0. The van der Waals surface area contributed by atoms with Gasteiger partial charge in [-0.05, 0) is 19.3 Å². The molecule has 4 heterocycles. The van der Waals surface area contributed by atoms with Gasteiger partial charge in [0, 0.05) is 13.3 Å². The SMILES string of the molecule is CCCCCCCCCCCCC/C=C/[C@@H](O)[C@H](CO[C@@H]1OC(CO)[C@@H](O[C@@H]2OC(CO)[C@H](O)[C@H](O[C@H]3OC(CO)[C@H](O)[C@H](O[C@@H]4OC(CO)[C@H](O)[C@H](O)C4NC(C)=O)C3O)C2O)[C@H](O)C1O)NC(=O)CCCCCCCCCCCCCCCCCCCCCCCCC. The standard InChI is InChI=1S/C70H130N2O23/c1-4-6-8-10-12-14-16-18-19-20-21-22-23-24-25-26-27-29-31-33-35-37-39-41-54(79)72-48(49(78)40-38-36-34-32-30-28-17-15-13-11-9-7-5-2)46-88-68-61(85)60(84)64(53(45-76)92-68)93-69-63(87)66(58(82)52(44-75)90-69)95-70-62(86)65(57(81)51(43-74)91-70)94-67-55(71-47(3)77)59(83)56(80)50(42-73)89-67/h38,40,48-53,55-70,73-76,78,80-87H,4-37,39,41-46H2,1-3H3,(H,71,77)(H,72,79)/b40-38+/t48-,49+,50?,51?,52?,53?,55?,56-,57-,58-,59+,60+,61?,62?,63?,64+,65-,66-,67-,68+,69-,70+/m0/s1. The molecule has 4 saturated heterocycles. The molecule has 0 aromatic heterocycles. The molecule has 4 aliphatic heterocycles. The summed E-state index contributed by atoms with van der Waals surface area (Å²) < 4.78 is 46.6. The van der Waals surface area contributed by atoms with E-state index in [-0.39, 0.29) is 12.3 Å². The molecule has 558 valence electrons. The third-order valence-electron chi connectivity index (χ3n) is 19.1. The van der Waals surface area contributed by atoms with Crippen molar-refractivity contribution >= 4 is 11.8 Å². The van der Waals surface area contributed by atoms with Crippen LogP contribution in [-0.4, -0.2) is 246 Å². The Morgan fingerprint density at radius 2 is 0.768 bits per heavy atom. The monoisotopic (exact) mass is 1370 g/mol. The van der Waals surface area contributed by atoms with Crippen LogP contribution in [0.2, 0.25) is 0 Å². The van der Waals surface area contributed by atoms with Crippen molar-refractivity contribution in [3.05, 3.63) is 12.2 Å². The largest absolute Gasteiger partial charge is 0.394 e. The zero-order valence-corrected chi connectivity index (χ0v) is 57.7. The van der Waals surface area contributed by atoms with Gasteiger partial charge in [-0.3, -0.25) is 9.59 Å². The molecule has 0 aromatic rings. The number of hydrogen-bond donors (Lipinski definition) is 15. The molecule has 0 spiro atoms. The Labute approximate surface area is 566 Å². The quantitative estimate of drug-likeness (QED) is 0.0284. The van der Waals surface area contributed by atoms with Gasteiger partial charge in [0.2, 0.25) is 11.8 Å². The van der Waals surface area contributed by atoms with Crippen LogP contribution in [0.5, 0.6) is 0 Å². The maximum atomic E-state index is 13.5. The molecule has 0 radical (unpaired) electrons. The van der Waals surface area contributed by atoms with E-state index in [2.05, 4.69) is 24.5 Å². The third-order valence-corrected chi connectivity index (χ3v) is 19.1. The summed E-state index contributed by atoms with van der Waals surface area (Å²) in [5.74, 6) is -1.01. The van der Waals surface area contributed by atoms with Gasteiger partial charge < -0.3 is 115 Å². The van der Waals surface area contributed by atoms with Crippen LogP contribution in [0.1, 0.15) is 252 Å². The highest BCUT2D eigenvalue weighted by Crippen LogP contribution is 2.35. The van der Waals surface area contributed by atoms with Gasteiger partial charge in [0.15, 0.2) is 25.2 Å². The first-order valence-electron chi connectivity index (χ1n) is 36.9. The number of aliphatic hydroxyl groups is 13. The van der Waals surface area contributed by atoms with Gasteiger partial charge in [0.1, 0.15) is 97.6 Å². The second kappa shape index (κ2) is 50.2. The van der Waals surface area contributed by atoms with Crippen LogP contribution in [-0.2, 0) is 47.5 Å². The minimum absolute atomic E-state index is 0.213. The lowest BCUT2D eigenvalue weighted by Crippen LogP contribution is -2.69. The molecule has 4 rings (SSSR count). The van der Waals surface area contributed by atoms with Crippen LogP contribution < -0.4 is 10.6 Å². The number of carbonyl (C=O) groups excluding carboxylic acids is 2. The maximum absolute atomic E-state index is 13.5. The van der Waals surface area contributed by atoms with Crippen molar-refractivity contribution in [3.8, 4) is 0 Å². The van der Waals surface area contributed by atoms with E-state index in [0.717, 1.165) is 51.9 Å². The predicted octanol–water partition coefficient (Wildman–Crippen LogP) is 4.90. The van der Waals surface area contributed by atoms with Gasteiger partial charge in [-0.2, -0.15) is 0 Å². The molecule has 0 aliphatic carbocycles. The number of hydrogen-bond acceptors (Lipinski definition) is 23. The van der Waals surface area contributed by atoms with Crippen molar-refractivity contribution in [2.45, 2.75) is 387 Å². The number of rotatable bonds is 53. The number of carbonyl (C=O) groups is 2. The van der Waals surface area contributed by atoms with E-state index in [1.54, 1.807) is 6.08 Å². The van der Waals surface area contributed by atoms with Crippen LogP contribution in [0.25, 0.3) is 0 Å². The van der Waals surface area contributed by atoms with Crippen LogP contribution >= 0.6 is 0 Å². The molecule has 95 heavy (non-hydrogen) atoms. The first-order valence-corrected chi connectivity index (χ1v) is 36.9. The fraction of sp³-hybridized carbons (Fsp3) is 0.943. The van der Waals surface area contributed by atoms with Crippen LogP contribution in [0, 0.1) is 0 Å². The van der Waals surface area contributed by atoms with Crippen molar-refractivity contribution < 1.29 is 114 Å². The van der Waals surface area contributed by atoms with E-state index >= 15 is 0 Å². The highest BCUT2D eigenvalue weighted by atomic mass is 16.8. The third kappa shape index (κ3) is 30.9. The Morgan fingerprint density at radius 3 is 1.18 bits per heavy atom. The molecule has 4 fully saturated rings. The van der Waals surface area contributed by atoms with Crippen LogP contribution in [0.3, 0.4) is 0 Å². The molecule has 22 atom stereocenters. The molecule has 15 N–H and O–H groups in total. The number of aliphatic hydroxyl groups excluding tert-OH is 13. The molecule has 2 amide bonds. The van der Waals surface area contributed by atoms with E-state index in [1.165, 1.54) is 167 Å². The van der Waals surface area contributed by atoms with Gasteiger partial charge in [-0.15, -0.1) is 0 Å². The van der Waals surface area contributed by atoms with Gasteiger partial charge in [0.05, 0.1) is 45.2 Å². The van der Waals surface area contributed by atoms with E-state index in [1.807, 2.05) is 6.08 Å². The fourth-order valence-electron chi connectivity index (χ4n) is 13.1. The molecule has 4 aliphatic rings. The van der Waals surface area contributed by atoms with Crippen LogP contribution in [0.15, 0.2) is 12.2 Å². The molecule has 0 aromatic carbocycles. The van der Waals surface area contributed by atoms with E-state index in [0.29, 0.717) is 12.8 Å². The van der Waals surface area contributed by atoms with Gasteiger partial charge in [0.25, 0.3) is 0 Å². The minimum atomic E-state index is -2.11. The molecule has 25 heteroatoms. The Kier molecular flexibility index (Phi) is 45.1. The summed E-state index contributed by atoms with van der Waals surface area (Å²) in [5.41, 5.74) is 0. The lowest BCUT2D eigenvalue weighted by Gasteiger charge is -2.49. The Hall–Kier alpha value is -2.16. The van der Waals surface area contributed by atoms with Crippen molar-refractivity contribution in [2.24, 2.45) is 0 Å². The lowest BCUT2D eigenvalue weighted by atomic mass is 9.95. The van der Waals surface area contributed by atoms with Gasteiger partial charge >= 0.3 is 0 Å². The average molecular weight is 1370 g/mol. The average Bonchev–Trinajstić information content (AvgIpc) is 0.786. The zero-order valence-electron chi connectivity index (χ0n) is 57.7. The Bertz CT molecular complexity index is 1970. The number of nitrogens with one attached hydrogen (secondary N) is 2. The summed E-state index contributed by atoms with van der Waals surface area (Å²) in [6.07, 6.45) is 10.8. The summed E-state index contributed by atoms with van der Waals surface area (Å²) in [4.78, 5) is 25.6. The second-order valence-electron chi connectivity index (χ2n) is 27.1. The highest BCUT2D eigenvalue weighted by molar-refractivity contribution is 5.76. The summed E-state index contributed by atoms with van der Waals surface area (Å²) >= 11 is 0. The minimum Gasteiger partial charge on any atom is -0.394 e. The molecule has 25 nitrogen and oxygen atoms in total. The molecular weight excluding hydrogens is 1240 g/mol. The van der Waals surface area contributed by atoms with Crippen molar-refractivity contribution in [1.29, 1.82) is 0 Å². The van der Waals surface area contributed by atoms with Gasteiger partial charge in [-0.1, -0.05) is 231 Å².